The second-order valence-electron chi connectivity index (χ2n) is 11.9. The fourth-order valence-electron chi connectivity index (χ4n) is 6.66. The number of aryl methyl sites for hydroxylation is 2. The molecule has 3 heterocycles. The van der Waals surface area contributed by atoms with Gasteiger partial charge in [-0.2, -0.15) is 0 Å². The second kappa shape index (κ2) is 12.6. The number of fused-ring (bicyclic) bond motifs is 1. The number of nitrogens with zero attached hydrogens (tertiary/aromatic N) is 6. The van der Waals surface area contributed by atoms with Gasteiger partial charge in [0.05, 0.1) is 18.1 Å². The van der Waals surface area contributed by atoms with Gasteiger partial charge >= 0.3 is 0 Å². The molecule has 1 saturated heterocycles. The summed E-state index contributed by atoms with van der Waals surface area (Å²) >= 11 is 0. The number of nitrogens with one attached hydrogen (secondary N) is 1. The fraction of sp³-hybridized carbons (Fsp3) is 0.243. The van der Waals surface area contributed by atoms with Crippen LogP contribution in [0.1, 0.15) is 51.3 Å². The zero-order valence-corrected chi connectivity index (χ0v) is 25.7. The Bertz CT molecular complexity index is 1910. The van der Waals surface area contributed by atoms with Gasteiger partial charge in [-0.05, 0) is 63.5 Å². The molecule has 1 aliphatic rings. The van der Waals surface area contributed by atoms with Gasteiger partial charge in [0.2, 0.25) is 0 Å². The quantitative estimate of drug-likeness (QED) is 0.244. The molecular weight excluding hydrogens is 558 g/mol. The second-order valence-corrected chi connectivity index (χ2v) is 11.9. The lowest BCUT2D eigenvalue weighted by Gasteiger charge is -2.42. The van der Waals surface area contributed by atoms with Gasteiger partial charge in [0.25, 0.3) is 5.56 Å². The summed E-state index contributed by atoms with van der Waals surface area (Å²) in [4.78, 5) is 22.0. The van der Waals surface area contributed by atoms with Gasteiger partial charge in [0.1, 0.15) is 6.04 Å². The van der Waals surface area contributed by atoms with Crippen LogP contribution in [0.5, 0.6) is 0 Å². The van der Waals surface area contributed by atoms with Crippen LogP contribution < -0.4 is 5.56 Å². The predicted octanol–water partition coefficient (Wildman–Crippen LogP) is 5.68. The lowest BCUT2D eigenvalue weighted by Crippen LogP contribution is -2.50. The zero-order valence-electron chi connectivity index (χ0n) is 25.7. The monoisotopic (exact) mass is 595 g/mol. The molecule has 0 spiro atoms. The Hall–Kier alpha value is -4.92. The minimum Gasteiger partial charge on any atom is -0.321 e. The molecule has 2 aromatic heterocycles. The van der Waals surface area contributed by atoms with Crippen molar-refractivity contribution >= 4 is 10.9 Å². The average molecular weight is 596 g/mol. The Labute approximate surface area is 263 Å². The Morgan fingerprint density at radius 3 is 1.93 bits per heavy atom. The van der Waals surface area contributed by atoms with Crippen molar-refractivity contribution in [2.75, 3.05) is 26.2 Å². The molecule has 1 atom stereocenters. The molecule has 0 radical (unpaired) electrons. The van der Waals surface area contributed by atoms with Crippen LogP contribution in [-0.4, -0.2) is 61.2 Å². The van der Waals surface area contributed by atoms with E-state index in [9.17, 15) is 4.79 Å². The summed E-state index contributed by atoms with van der Waals surface area (Å²) in [5, 5.41) is 14.1. The summed E-state index contributed by atoms with van der Waals surface area (Å²) in [6.07, 6.45) is 0. The Morgan fingerprint density at radius 2 is 1.31 bits per heavy atom. The minimum atomic E-state index is -0.410. The maximum Gasteiger partial charge on any atom is 0.253 e. The van der Waals surface area contributed by atoms with Crippen LogP contribution >= 0.6 is 0 Å². The van der Waals surface area contributed by atoms with E-state index < -0.39 is 6.04 Å². The Balaban J connectivity index is 1.26. The molecule has 0 amide bonds. The molecule has 0 saturated carbocycles. The van der Waals surface area contributed by atoms with Crippen molar-refractivity contribution < 1.29 is 0 Å². The first kappa shape index (κ1) is 28.8. The molecule has 45 heavy (non-hydrogen) atoms. The molecular formula is C37H37N7O. The van der Waals surface area contributed by atoms with Crippen molar-refractivity contribution in [3.05, 3.63) is 159 Å². The fourth-order valence-corrected chi connectivity index (χ4v) is 6.66. The van der Waals surface area contributed by atoms with Crippen LogP contribution in [0.4, 0.5) is 0 Å². The van der Waals surface area contributed by atoms with Crippen LogP contribution in [0.2, 0.25) is 0 Å². The van der Waals surface area contributed by atoms with Crippen molar-refractivity contribution in [1.82, 2.24) is 35.0 Å². The lowest BCUT2D eigenvalue weighted by atomic mass is 9.95. The SMILES string of the molecule is Cc1ccc2cc([C@@H](c3nnnn3Cc3ccccc3)N3CCN(C(c4ccccc4)c4ccccc4)CC3)c(=O)[nH]c2c1C. The summed E-state index contributed by atoms with van der Waals surface area (Å²) in [5.41, 5.74) is 7.32. The minimum absolute atomic E-state index is 0.107. The molecule has 0 bridgehead atoms. The van der Waals surface area contributed by atoms with E-state index in [1.165, 1.54) is 11.1 Å². The lowest BCUT2D eigenvalue weighted by molar-refractivity contribution is 0.0857. The van der Waals surface area contributed by atoms with Gasteiger partial charge in [-0.1, -0.05) is 103 Å². The molecule has 4 aromatic carbocycles. The summed E-state index contributed by atoms with van der Waals surface area (Å²) in [6.45, 7) is 7.81. The Morgan fingerprint density at radius 1 is 0.733 bits per heavy atom. The molecule has 8 nitrogen and oxygen atoms in total. The number of tetrazole rings is 1. The van der Waals surface area contributed by atoms with E-state index >= 15 is 0 Å². The van der Waals surface area contributed by atoms with Gasteiger partial charge in [-0.3, -0.25) is 14.6 Å². The van der Waals surface area contributed by atoms with Crippen molar-refractivity contribution in [3.8, 4) is 0 Å². The van der Waals surface area contributed by atoms with Crippen LogP contribution in [0.3, 0.4) is 0 Å². The van der Waals surface area contributed by atoms with E-state index in [0.717, 1.165) is 53.8 Å². The largest absolute Gasteiger partial charge is 0.321 e. The van der Waals surface area contributed by atoms with Crippen molar-refractivity contribution in [3.63, 3.8) is 0 Å². The number of benzene rings is 4. The highest BCUT2D eigenvalue weighted by Gasteiger charge is 2.35. The molecule has 0 aliphatic carbocycles. The molecule has 7 rings (SSSR count). The van der Waals surface area contributed by atoms with Crippen LogP contribution in [0.25, 0.3) is 10.9 Å². The summed E-state index contributed by atoms with van der Waals surface area (Å²) < 4.78 is 1.84. The summed E-state index contributed by atoms with van der Waals surface area (Å²) in [7, 11) is 0. The van der Waals surface area contributed by atoms with Gasteiger partial charge in [0, 0.05) is 31.7 Å². The van der Waals surface area contributed by atoms with Gasteiger partial charge in [-0.25, -0.2) is 4.68 Å². The van der Waals surface area contributed by atoms with Gasteiger partial charge in [0.15, 0.2) is 5.82 Å². The predicted molar refractivity (Wildman–Crippen MR) is 177 cm³/mol. The molecule has 1 fully saturated rings. The highest BCUT2D eigenvalue weighted by atomic mass is 16.1. The van der Waals surface area contributed by atoms with Gasteiger partial charge in [-0.15, -0.1) is 5.10 Å². The normalized spacial score (nSPS) is 15.1. The highest BCUT2D eigenvalue weighted by Crippen LogP contribution is 2.33. The van der Waals surface area contributed by atoms with E-state index in [2.05, 4.69) is 129 Å². The molecule has 6 aromatic rings. The third-order valence-electron chi connectivity index (χ3n) is 9.16. The van der Waals surface area contributed by atoms with Gasteiger partial charge < -0.3 is 4.98 Å². The third kappa shape index (κ3) is 5.82. The van der Waals surface area contributed by atoms with E-state index in [-0.39, 0.29) is 11.6 Å². The third-order valence-corrected chi connectivity index (χ3v) is 9.16. The molecule has 1 N–H and O–H groups in total. The van der Waals surface area contributed by atoms with Crippen LogP contribution in [0.15, 0.2) is 114 Å². The number of pyridine rings is 1. The number of aromatic amines is 1. The molecule has 226 valence electrons. The van der Waals surface area contributed by atoms with Crippen molar-refractivity contribution in [2.45, 2.75) is 32.5 Å². The first-order valence-electron chi connectivity index (χ1n) is 15.6. The molecule has 8 heteroatoms. The van der Waals surface area contributed by atoms with Crippen molar-refractivity contribution in [1.29, 1.82) is 0 Å². The van der Waals surface area contributed by atoms with Crippen LogP contribution in [-0.2, 0) is 6.54 Å². The number of piperazine rings is 1. The number of H-pyrrole nitrogens is 1. The average Bonchev–Trinajstić information content (AvgIpc) is 3.53. The smallest absolute Gasteiger partial charge is 0.253 e. The summed E-state index contributed by atoms with van der Waals surface area (Å²) in [6, 6.07) is 37.6. The number of aromatic nitrogens is 5. The standard InChI is InChI=1S/C37H37N7O/c1-26-18-19-31-24-32(37(45)38-33(31)27(26)2)35(36-39-40-41-44(36)25-28-12-6-3-7-13-28)43-22-20-42(21-23-43)34(29-14-8-4-9-15-29)30-16-10-5-11-17-30/h3-19,24,34-35H,20-23,25H2,1-2H3,(H,38,45)/t35-/m0/s1. The molecule has 1 aliphatic heterocycles. The maximum atomic E-state index is 13.9. The first-order chi connectivity index (χ1) is 22.1. The number of rotatable bonds is 8. The highest BCUT2D eigenvalue weighted by molar-refractivity contribution is 5.83. The number of hydrogen-bond donors (Lipinski definition) is 1. The zero-order chi connectivity index (χ0) is 30.8. The first-order valence-corrected chi connectivity index (χ1v) is 15.6. The van der Waals surface area contributed by atoms with E-state index in [1.54, 1.807) is 0 Å². The Kier molecular flexibility index (Phi) is 8.07. The van der Waals surface area contributed by atoms with Crippen molar-refractivity contribution in [2.24, 2.45) is 0 Å². The molecule has 0 unspecified atom stereocenters. The topological polar surface area (TPSA) is 82.9 Å². The summed E-state index contributed by atoms with van der Waals surface area (Å²) in [5.74, 6) is 0.670. The van der Waals surface area contributed by atoms with Crippen LogP contribution in [0, 0.1) is 13.8 Å². The maximum absolute atomic E-state index is 13.9. The van der Waals surface area contributed by atoms with E-state index in [1.807, 2.05) is 28.9 Å². The van der Waals surface area contributed by atoms with E-state index in [4.69, 9.17) is 0 Å². The number of hydrogen-bond acceptors (Lipinski definition) is 6. The van der Waals surface area contributed by atoms with E-state index in [0.29, 0.717) is 17.9 Å².